The number of β-amino-alcohol motifs (C(OH)–C–C–N with tert-alkyl or cyclic N) is 1. The number of nitrogens with zero attached hydrogens (tertiary/aromatic N) is 2. The maximum absolute atomic E-state index is 12.7. The van der Waals surface area contributed by atoms with Crippen molar-refractivity contribution in [1.29, 1.82) is 0 Å². The maximum Gasteiger partial charge on any atom is 0.415 e. The highest BCUT2D eigenvalue weighted by molar-refractivity contribution is 7.81. The van der Waals surface area contributed by atoms with Crippen LogP contribution in [-0.4, -0.2) is 103 Å². The summed E-state index contributed by atoms with van der Waals surface area (Å²) in [7, 11) is -4.30. The number of fused-ring (bicyclic) bond motifs is 3. The van der Waals surface area contributed by atoms with Crippen LogP contribution >= 0.6 is 0 Å². The Hall–Kier alpha value is -5.21. The fourth-order valence-electron chi connectivity index (χ4n) is 10.7. The van der Waals surface area contributed by atoms with Crippen LogP contribution in [0.3, 0.4) is 0 Å². The quantitative estimate of drug-likeness (QED) is 0.0206. The standard InChI is InChI=1S/C21H32N2O6S.C21H31NO3.C19H26O3.C2H7NO/c1-15(2)6-4-7-16(3)8-5-9-17-10-11-18-19(14-17)21(25)23(20(18)24)12-13-28-30(26,27)29-22;1-15(2)6-4-7-16(3)8-5-9-17-10-11-18-19(14-17)21(25)22(12-13-23)20(18)24;1-13(2)6-4-7-14(3)8-5-9-15-10-11-16-17(12-15)19(21)22-18(16)20;3-1-2-4/h6,8,10,18-19H,4-5,7,9,11-14,22H2,1-3H3;6,8,10,18-19,23H,4-5,7,9,11-14H2,1-3H3;6,8,10,16-17H,4-5,7,9,11-12H2,1-3H3;4H,1-3H2/b2*16-8+;14-8+;. The van der Waals surface area contributed by atoms with Crippen LogP contribution in [0.2, 0.25) is 0 Å². The molecule has 81 heavy (non-hydrogen) atoms. The van der Waals surface area contributed by atoms with Crippen molar-refractivity contribution in [1.82, 2.24) is 9.80 Å². The molecule has 0 aromatic heterocycles. The van der Waals surface area contributed by atoms with Gasteiger partial charge in [0, 0.05) is 6.54 Å². The van der Waals surface area contributed by atoms with E-state index in [0.717, 1.165) is 81.9 Å². The van der Waals surface area contributed by atoms with E-state index in [1.165, 1.54) is 55.1 Å². The maximum atomic E-state index is 12.7. The van der Waals surface area contributed by atoms with Gasteiger partial charge in [-0.15, -0.1) is 0 Å². The lowest BCUT2D eigenvalue weighted by atomic mass is 9.80. The Bertz CT molecular complexity index is 2550. The SMILES string of the molecule is CC(C)=CCC/C(C)=C/CCC1=CCC2C(=O)N(CCO)C(=O)C2C1.CC(C)=CCC/C(C)=C/CCC1=CCC2C(=O)N(CCOS(=O)(=O)ON)C(=O)C2C1.CC(C)=CCC/C(C)=C/CCC1=CCC2C(=O)OC(=O)C2C1.NCCO. The van der Waals surface area contributed by atoms with Crippen LogP contribution in [0.4, 0.5) is 0 Å². The van der Waals surface area contributed by atoms with Gasteiger partial charge in [0.2, 0.25) is 23.6 Å². The molecule has 452 valence electrons. The van der Waals surface area contributed by atoms with Gasteiger partial charge in [-0.25, -0.2) is 4.18 Å². The first-order valence-electron chi connectivity index (χ1n) is 29.0. The van der Waals surface area contributed by atoms with Crippen molar-refractivity contribution in [2.24, 2.45) is 47.1 Å². The monoisotopic (exact) mass is 1150 g/mol. The molecule has 6 N–H and O–H groups in total. The minimum atomic E-state index is -4.30. The zero-order chi connectivity index (χ0) is 60.2. The zero-order valence-corrected chi connectivity index (χ0v) is 50.8. The van der Waals surface area contributed by atoms with Gasteiger partial charge >= 0.3 is 22.3 Å². The van der Waals surface area contributed by atoms with Crippen molar-refractivity contribution in [3.63, 3.8) is 0 Å². The van der Waals surface area contributed by atoms with E-state index in [1.807, 2.05) is 0 Å². The Kier molecular flexibility index (Phi) is 31.5. The summed E-state index contributed by atoms with van der Waals surface area (Å²) in [5.41, 5.74) is 16.8. The third kappa shape index (κ3) is 24.3. The van der Waals surface area contributed by atoms with Gasteiger partial charge in [-0.3, -0.25) is 38.6 Å². The number of hydrogen-bond donors (Lipinski definition) is 4. The van der Waals surface area contributed by atoms with Crippen LogP contribution in [0.15, 0.2) is 105 Å². The first kappa shape index (κ1) is 70.1. The highest BCUT2D eigenvalue weighted by Crippen LogP contribution is 2.41. The Morgan fingerprint density at radius 3 is 1.23 bits per heavy atom. The minimum Gasteiger partial charge on any atom is -0.395 e. The lowest BCUT2D eigenvalue weighted by molar-refractivity contribution is -0.154. The van der Waals surface area contributed by atoms with Crippen molar-refractivity contribution in [2.45, 2.75) is 178 Å². The molecule has 3 aliphatic carbocycles. The third-order valence-electron chi connectivity index (χ3n) is 15.3. The molecule has 4 amide bonds. The number of carbonyl (C=O) groups excluding carboxylic acids is 6. The second-order valence-electron chi connectivity index (χ2n) is 22.7. The molecule has 0 radical (unpaired) electrons. The summed E-state index contributed by atoms with van der Waals surface area (Å²) in [5, 5.41) is 16.8. The number of esters is 2. The summed E-state index contributed by atoms with van der Waals surface area (Å²) < 4.78 is 35.1. The number of carbonyl (C=O) groups is 6. The Morgan fingerprint density at radius 2 is 0.877 bits per heavy atom. The molecule has 3 fully saturated rings. The number of hydrogen-bond acceptors (Lipinski definition) is 15. The summed E-state index contributed by atoms with van der Waals surface area (Å²) in [6, 6.07) is 0. The van der Waals surface area contributed by atoms with Crippen molar-refractivity contribution in [3.05, 3.63) is 105 Å². The average Bonchev–Trinajstić information content (AvgIpc) is 3.98. The summed E-state index contributed by atoms with van der Waals surface area (Å²) in [6.07, 6.45) is 36.0. The molecule has 0 aromatic carbocycles. The fourth-order valence-corrected chi connectivity index (χ4v) is 11.1. The first-order valence-corrected chi connectivity index (χ1v) is 30.4. The van der Waals surface area contributed by atoms with E-state index in [4.69, 9.17) is 20.7 Å². The lowest BCUT2D eigenvalue weighted by Crippen LogP contribution is -2.35. The molecular formula is C63H96N4O13S. The van der Waals surface area contributed by atoms with Crippen molar-refractivity contribution >= 4 is 46.0 Å². The van der Waals surface area contributed by atoms with Gasteiger partial charge in [-0.1, -0.05) is 105 Å². The minimum absolute atomic E-state index is 0.0944. The fraction of sp³-hybridized carbons (Fsp3) is 0.619. The second-order valence-corrected chi connectivity index (χ2v) is 24.0. The Labute approximate surface area is 483 Å². The molecule has 0 aromatic rings. The molecule has 6 atom stereocenters. The molecule has 0 bridgehead atoms. The van der Waals surface area contributed by atoms with Gasteiger partial charge in [0.05, 0.1) is 68.4 Å². The first-order chi connectivity index (χ1) is 38.5. The Morgan fingerprint density at radius 1 is 0.531 bits per heavy atom. The summed E-state index contributed by atoms with van der Waals surface area (Å²) in [5.74, 6) is 1.59. The van der Waals surface area contributed by atoms with Crippen LogP contribution < -0.4 is 11.6 Å². The van der Waals surface area contributed by atoms with E-state index in [-0.39, 0.29) is 104 Å². The number of imide groups is 2. The van der Waals surface area contributed by atoms with E-state index in [1.54, 1.807) is 0 Å². The van der Waals surface area contributed by atoms with Crippen LogP contribution in [0.25, 0.3) is 0 Å². The van der Waals surface area contributed by atoms with E-state index in [0.29, 0.717) is 45.1 Å². The summed E-state index contributed by atoms with van der Waals surface area (Å²) in [6.45, 7) is 19.1. The largest absolute Gasteiger partial charge is 0.415 e. The lowest BCUT2D eigenvalue weighted by Gasteiger charge is -2.21. The average molecular weight is 1150 g/mol. The van der Waals surface area contributed by atoms with Crippen molar-refractivity contribution in [3.8, 4) is 0 Å². The normalized spacial score (nSPS) is 22.6. The van der Waals surface area contributed by atoms with Gasteiger partial charge < -0.3 is 20.7 Å². The van der Waals surface area contributed by atoms with Crippen LogP contribution in [0.5, 0.6) is 0 Å². The molecule has 18 heteroatoms. The van der Waals surface area contributed by atoms with Gasteiger partial charge in [-0.2, -0.15) is 18.6 Å². The predicted molar refractivity (Wildman–Crippen MR) is 316 cm³/mol. The number of aliphatic hydroxyl groups excluding tert-OH is 2. The summed E-state index contributed by atoms with van der Waals surface area (Å²) >= 11 is 0. The molecule has 17 nitrogen and oxygen atoms in total. The van der Waals surface area contributed by atoms with Gasteiger partial charge in [0.15, 0.2) is 0 Å². The molecular weight excluding hydrogens is 1050 g/mol. The second kappa shape index (κ2) is 36.4. The smallest absolute Gasteiger partial charge is 0.395 e. The number of ether oxygens (including phenoxy) is 1. The number of rotatable bonds is 26. The topological polar surface area (TPSA) is 263 Å². The van der Waals surface area contributed by atoms with Crippen molar-refractivity contribution in [2.75, 3.05) is 39.5 Å². The molecule has 3 heterocycles. The predicted octanol–water partition coefficient (Wildman–Crippen LogP) is 10.1. The van der Waals surface area contributed by atoms with E-state index < -0.39 is 10.4 Å². The Balaban J connectivity index is 0.000000311. The molecule has 6 aliphatic rings. The van der Waals surface area contributed by atoms with E-state index in [9.17, 15) is 37.2 Å². The molecule has 3 saturated heterocycles. The summed E-state index contributed by atoms with van der Waals surface area (Å²) in [4.78, 5) is 75.3. The highest BCUT2D eigenvalue weighted by atomic mass is 32.3. The number of likely N-dealkylation sites (tertiary alicyclic amines) is 2. The number of nitrogens with two attached hydrogens (primary N) is 2. The van der Waals surface area contributed by atoms with Gasteiger partial charge in [-0.05, 0) is 178 Å². The van der Waals surface area contributed by atoms with E-state index in [2.05, 4.69) is 131 Å². The van der Waals surface area contributed by atoms with Crippen LogP contribution in [-0.2, 0) is 52.4 Å². The molecule has 6 unspecified atom stereocenters. The van der Waals surface area contributed by atoms with Crippen LogP contribution in [0.1, 0.15) is 178 Å². The number of cyclic esters (lactones) is 2. The zero-order valence-electron chi connectivity index (χ0n) is 50.0. The molecule has 3 aliphatic heterocycles. The number of amides is 4. The molecule has 6 rings (SSSR count). The molecule has 0 spiro atoms. The van der Waals surface area contributed by atoms with Crippen LogP contribution in [0, 0.1) is 35.5 Å². The number of allylic oxidation sites excluding steroid dienone is 18. The third-order valence-corrected chi connectivity index (χ3v) is 16.0. The van der Waals surface area contributed by atoms with E-state index >= 15 is 0 Å². The van der Waals surface area contributed by atoms with Gasteiger partial charge in [0.1, 0.15) is 0 Å². The van der Waals surface area contributed by atoms with Crippen molar-refractivity contribution < 1.29 is 60.6 Å². The number of aliphatic hydroxyl groups is 2. The highest BCUT2D eigenvalue weighted by Gasteiger charge is 2.49. The van der Waals surface area contributed by atoms with Gasteiger partial charge in [0.25, 0.3) is 0 Å². The molecule has 0 saturated carbocycles.